The highest BCUT2D eigenvalue weighted by atomic mass is 14.2. The van der Waals surface area contributed by atoms with Crippen LogP contribution in [0.2, 0.25) is 0 Å². The van der Waals surface area contributed by atoms with Crippen LogP contribution in [-0.4, -0.2) is 0 Å². The van der Waals surface area contributed by atoms with Crippen molar-refractivity contribution in [3.63, 3.8) is 0 Å². The Morgan fingerprint density at radius 2 is 0.750 bits per heavy atom. The van der Waals surface area contributed by atoms with Crippen molar-refractivity contribution in [3.05, 3.63) is 41.3 Å². The molecule has 209 valence electrons. The number of hydrogen-bond donors (Lipinski definition) is 0. The van der Waals surface area contributed by atoms with Crippen LogP contribution in [0.15, 0.2) is 12.1 Å². The maximum atomic E-state index is 4.18. The van der Waals surface area contributed by atoms with E-state index in [9.17, 15) is 0 Å². The summed E-state index contributed by atoms with van der Waals surface area (Å²) in [5.74, 6) is 0. The Morgan fingerprint density at radius 3 is 1.11 bits per heavy atom. The molecule has 36 heavy (non-hydrogen) atoms. The van der Waals surface area contributed by atoms with E-state index >= 15 is 0 Å². The van der Waals surface area contributed by atoms with Crippen LogP contribution in [0.1, 0.15) is 184 Å². The second-order valence-electron chi connectivity index (χ2n) is 11.6. The number of benzene rings is 1. The van der Waals surface area contributed by atoms with E-state index in [1.165, 1.54) is 154 Å². The van der Waals surface area contributed by atoms with Crippen LogP contribution in [0.4, 0.5) is 0 Å². The van der Waals surface area contributed by atoms with Crippen molar-refractivity contribution in [1.82, 2.24) is 0 Å². The number of rotatable bonds is 26. The van der Waals surface area contributed by atoms with Crippen LogP contribution in [0.25, 0.3) is 0 Å². The molecule has 0 heteroatoms. The van der Waals surface area contributed by atoms with Gasteiger partial charge < -0.3 is 0 Å². The van der Waals surface area contributed by atoms with E-state index < -0.39 is 0 Å². The average molecular weight is 498 g/mol. The zero-order valence-corrected chi connectivity index (χ0v) is 25.2. The standard InChI is InChI=1S/C36H65/c1-5-9-12-15-18-21-24-28-34-31-33(27-8-4)32-35(29-25-22-19-16-13-10-6-2)36(34)30-26-23-20-17-14-11-7-3/h31-32H,4-30H2,1-3H3. The minimum absolute atomic E-state index is 1.02. The summed E-state index contributed by atoms with van der Waals surface area (Å²) < 4.78 is 0. The first-order valence-electron chi connectivity index (χ1n) is 16.7. The molecule has 0 N–H and O–H groups in total. The van der Waals surface area contributed by atoms with E-state index in [4.69, 9.17) is 0 Å². The Kier molecular flexibility index (Phi) is 22.7. The zero-order chi connectivity index (χ0) is 26.1. The first kappa shape index (κ1) is 33.2. The minimum atomic E-state index is 1.02. The summed E-state index contributed by atoms with van der Waals surface area (Å²) in [4.78, 5) is 0. The summed E-state index contributed by atoms with van der Waals surface area (Å²) in [6.07, 6.45) is 35.6. The monoisotopic (exact) mass is 498 g/mol. The third-order valence-electron chi connectivity index (χ3n) is 8.09. The van der Waals surface area contributed by atoms with Gasteiger partial charge in [0, 0.05) is 0 Å². The lowest BCUT2D eigenvalue weighted by Crippen LogP contribution is -2.04. The lowest BCUT2D eigenvalue weighted by atomic mass is 9.87. The van der Waals surface area contributed by atoms with Crippen molar-refractivity contribution in [2.24, 2.45) is 0 Å². The maximum absolute atomic E-state index is 4.18. The molecule has 0 saturated heterocycles. The largest absolute Gasteiger partial charge is 0.0654 e. The Balaban J connectivity index is 2.75. The molecule has 1 aromatic carbocycles. The highest BCUT2D eigenvalue weighted by Crippen LogP contribution is 2.26. The van der Waals surface area contributed by atoms with E-state index in [2.05, 4.69) is 39.8 Å². The molecule has 0 aromatic heterocycles. The van der Waals surface area contributed by atoms with Crippen LogP contribution >= 0.6 is 0 Å². The average Bonchev–Trinajstić information content (AvgIpc) is 2.88. The molecule has 1 rings (SSSR count). The van der Waals surface area contributed by atoms with Crippen LogP contribution in [0, 0.1) is 6.92 Å². The van der Waals surface area contributed by atoms with Gasteiger partial charge in [0.25, 0.3) is 0 Å². The summed E-state index contributed by atoms with van der Waals surface area (Å²) in [5.41, 5.74) is 6.73. The fraction of sp³-hybridized carbons (Fsp3) is 0.806. The molecule has 0 unspecified atom stereocenters. The summed E-state index contributed by atoms with van der Waals surface area (Å²) in [7, 11) is 0. The molecule has 0 atom stereocenters. The molecule has 0 bridgehead atoms. The Hall–Kier alpha value is -0.780. The Bertz CT molecular complexity index is 559. The van der Waals surface area contributed by atoms with Gasteiger partial charge in [-0.2, -0.15) is 0 Å². The minimum Gasteiger partial charge on any atom is -0.0654 e. The van der Waals surface area contributed by atoms with E-state index in [0.29, 0.717) is 0 Å². The summed E-state index contributed by atoms with van der Waals surface area (Å²) in [5, 5.41) is 0. The van der Waals surface area contributed by atoms with Crippen molar-refractivity contribution >= 4 is 0 Å². The Labute approximate surface area is 228 Å². The van der Waals surface area contributed by atoms with Crippen molar-refractivity contribution in [1.29, 1.82) is 0 Å². The van der Waals surface area contributed by atoms with Gasteiger partial charge in [-0.15, -0.1) is 0 Å². The quantitative estimate of drug-likeness (QED) is 0.112. The van der Waals surface area contributed by atoms with E-state index in [0.717, 1.165) is 12.8 Å². The van der Waals surface area contributed by atoms with Crippen LogP contribution in [0.3, 0.4) is 0 Å². The van der Waals surface area contributed by atoms with Crippen LogP contribution in [0.5, 0.6) is 0 Å². The lowest BCUT2D eigenvalue weighted by Gasteiger charge is -2.18. The second-order valence-corrected chi connectivity index (χ2v) is 11.6. The van der Waals surface area contributed by atoms with Crippen LogP contribution < -0.4 is 0 Å². The van der Waals surface area contributed by atoms with Gasteiger partial charge in [0.2, 0.25) is 0 Å². The molecule has 1 radical (unpaired) electrons. The molecular formula is C36H65. The molecule has 0 spiro atoms. The first-order chi connectivity index (χ1) is 17.8. The molecule has 0 nitrogen and oxygen atoms in total. The molecule has 0 fully saturated rings. The van der Waals surface area contributed by atoms with E-state index in [1.807, 2.05) is 0 Å². The van der Waals surface area contributed by atoms with Crippen molar-refractivity contribution in [2.75, 3.05) is 0 Å². The van der Waals surface area contributed by atoms with Gasteiger partial charge in [0.05, 0.1) is 0 Å². The SMILES string of the molecule is [CH2]CCc1cc(CCCCCCCCC)c(CCCCCCCCC)c(CCCCCCCCC)c1. The highest BCUT2D eigenvalue weighted by Gasteiger charge is 2.12. The molecule has 1 aromatic rings. The third kappa shape index (κ3) is 16.9. The third-order valence-corrected chi connectivity index (χ3v) is 8.09. The van der Waals surface area contributed by atoms with Crippen LogP contribution in [-0.2, 0) is 25.7 Å². The number of aryl methyl sites for hydroxylation is 3. The van der Waals surface area contributed by atoms with Gasteiger partial charge in [0.1, 0.15) is 0 Å². The molecule has 0 amide bonds. The summed E-state index contributed by atoms with van der Waals surface area (Å²) in [6.45, 7) is 11.1. The van der Waals surface area contributed by atoms with E-state index in [-0.39, 0.29) is 0 Å². The molecule has 0 saturated carbocycles. The maximum Gasteiger partial charge on any atom is -0.0273 e. The second kappa shape index (κ2) is 24.6. The number of hydrogen-bond acceptors (Lipinski definition) is 0. The number of unbranched alkanes of at least 4 members (excludes halogenated alkanes) is 18. The van der Waals surface area contributed by atoms with Gasteiger partial charge in [0.15, 0.2) is 0 Å². The van der Waals surface area contributed by atoms with Gasteiger partial charge in [-0.1, -0.05) is 155 Å². The molecule has 0 aliphatic carbocycles. The normalized spacial score (nSPS) is 11.4. The molecular weight excluding hydrogens is 432 g/mol. The zero-order valence-electron chi connectivity index (χ0n) is 25.2. The predicted octanol–water partition coefficient (Wildman–Crippen LogP) is 12.3. The molecule has 0 aliphatic rings. The molecule has 0 aliphatic heterocycles. The smallest absolute Gasteiger partial charge is 0.0273 e. The van der Waals surface area contributed by atoms with E-state index in [1.54, 1.807) is 22.3 Å². The van der Waals surface area contributed by atoms with Gasteiger partial charge in [-0.25, -0.2) is 0 Å². The molecule has 0 heterocycles. The highest BCUT2D eigenvalue weighted by molar-refractivity contribution is 5.40. The van der Waals surface area contributed by atoms with Crippen molar-refractivity contribution < 1.29 is 0 Å². The topological polar surface area (TPSA) is 0 Å². The summed E-state index contributed by atoms with van der Waals surface area (Å²) in [6, 6.07) is 5.18. The van der Waals surface area contributed by atoms with Gasteiger partial charge in [-0.05, 0) is 73.6 Å². The lowest BCUT2D eigenvalue weighted by molar-refractivity contribution is 0.578. The predicted molar refractivity (Wildman–Crippen MR) is 165 cm³/mol. The van der Waals surface area contributed by atoms with Gasteiger partial charge >= 0.3 is 0 Å². The van der Waals surface area contributed by atoms with Crippen molar-refractivity contribution in [2.45, 2.75) is 188 Å². The summed E-state index contributed by atoms with van der Waals surface area (Å²) >= 11 is 0. The fourth-order valence-electron chi connectivity index (χ4n) is 5.79. The first-order valence-corrected chi connectivity index (χ1v) is 16.7. The Morgan fingerprint density at radius 1 is 0.417 bits per heavy atom. The van der Waals surface area contributed by atoms with Crippen molar-refractivity contribution in [3.8, 4) is 0 Å². The fourth-order valence-corrected chi connectivity index (χ4v) is 5.79. The van der Waals surface area contributed by atoms with Gasteiger partial charge in [-0.3, -0.25) is 0 Å².